The van der Waals surface area contributed by atoms with E-state index < -0.39 is 0 Å². The topological polar surface area (TPSA) is 54.0 Å². The summed E-state index contributed by atoms with van der Waals surface area (Å²) >= 11 is 0. The highest BCUT2D eigenvalue weighted by atomic mass is 16.1. The molecule has 1 aliphatic rings. The number of rotatable bonds is 4. The molecule has 4 heteroatoms. The van der Waals surface area contributed by atoms with Crippen LogP contribution in [0.25, 0.3) is 11.1 Å². The molecular weight excluding hydrogens is 322 g/mol. The van der Waals surface area contributed by atoms with E-state index in [4.69, 9.17) is 0 Å². The van der Waals surface area contributed by atoms with E-state index in [1.54, 1.807) is 6.20 Å². The average Bonchev–Trinajstić information content (AvgIpc) is 3.20. The molecule has 0 saturated carbocycles. The Morgan fingerprint density at radius 3 is 2.62 bits per heavy atom. The first-order chi connectivity index (χ1) is 12.8. The molecule has 0 radical (unpaired) electrons. The lowest BCUT2D eigenvalue weighted by atomic mass is 9.88. The monoisotopic (exact) mass is 343 g/mol. The van der Waals surface area contributed by atoms with Gasteiger partial charge in [-0.3, -0.25) is 9.78 Å². The number of anilines is 1. The Kier molecular flexibility index (Phi) is 4.75. The number of pyridine rings is 1. The zero-order chi connectivity index (χ0) is 17.8. The van der Waals surface area contributed by atoms with E-state index in [1.165, 1.54) is 5.56 Å². The predicted molar refractivity (Wildman–Crippen MR) is 104 cm³/mol. The molecule has 2 unspecified atom stereocenters. The molecule has 0 bridgehead atoms. The number of nitrogens with zero attached hydrogens (tertiary/aromatic N) is 1. The maximum Gasteiger partial charge on any atom is 0.229 e. The smallest absolute Gasteiger partial charge is 0.229 e. The van der Waals surface area contributed by atoms with Crippen LogP contribution in [0.3, 0.4) is 0 Å². The second-order valence-electron chi connectivity index (χ2n) is 6.59. The summed E-state index contributed by atoms with van der Waals surface area (Å²) in [6.07, 6.45) is 3.58. The lowest BCUT2D eigenvalue weighted by Gasteiger charge is -2.19. The van der Waals surface area contributed by atoms with Gasteiger partial charge in [-0.1, -0.05) is 48.5 Å². The lowest BCUT2D eigenvalue weighted by Crippen LogP contribution is -2.28. The summed E-state index contributed by atoms with van der Waals surface area (Å²) in [6, 6.07) is 22.1. The number of carbonyl (C=O) groups is 1. The molecule has 130 valence electrons. The Labute approximate surface area is 153 Å². The molecule has 0 aliphatic carbocycles. The highest BCUT2D eigenvalue weighted by Crippen LogP contribution is 2.29. The molecule has 1 amide bonds. The van der Waals surface area contributed by atoms with Gasteiger partial charge in [0.05, 0.1) is 5.92 Å². The highest BCUT2D eigenvalue weighted by Gasteiger charge is 2.33. The Bertz CT molecular complexity index is 880. The molecule has 0 spiro atoms. The summed E-state index contributed by atoms with van der Waals surface area (Å²) in [5.74, 6) is 0.198. The summed E-state index contributed by atoms with van der Waals surface area (Å²) in [6.45, 7) is 1.53. The predicted octanol–water partition coefficient (Wildman–Crippen LogP) is 3.69. The molecule has 2 heterocycles. The van der Waals surface area contributed by atoms with Crippen LogP contribution in [0.2, 0.25) is 0 Å². The first-order valence-electron chi connectivity index (χ1n) is 8.88. The maximum atomic E-state index is 12.9. The number of benzene rings is 2. The van der Waals surface area contributed by atoms with Gasteiger partial charge in [0.2, 0.25) is 5.91 Å². The third-order valence-corrected chi connectivity index (χ3v) is 4.90. The first-order valence-corrected chi connectivity index (χ1v) is 8.88. The van der Waals surface area contributed by atoms with Gasteiger partial charge in [-0.25, -0.2) is 0 Å². The largest absolute Gasteiger partial charge is 0.326 e. The van der Waals surface area contributed by atoms with E-state index in [-0.39, 0.29) is 17.7 Å². The van der Waals surface area contributed by atoms with Gasteiger partial charge in [0.1, 0.15) is 0 Å². The Morgan fingerprint density at radius 2 is 1.81 bits per heavy atom. The molecule has 1 aromatic heterocycles. The van der Waals surface area contributed by atoms with Gasteiger partial charge in [0, 0.05) is 42.7 Å². The fourth-order valence-corrected chi connectivity index (χ4v) is 3.55. The molecule has 1 aliphatic heterocycles. The van der Waals surface area contributed by atoms with Crippen LogP contribution < -0.4 is 10.6 Å². The lowest BCUT2D eigenvalue weighted by molar-refractivity contribution is -0.119. The maximum absolute atomic E-state index is 12.9. The van der Waals surface area contributed by atoms with Crippen molar-refractivity contribution >= 4 is 11.6 Å². The molecule has 2 atom stereocenters. The second-order valence-corrected chi connectivity index (χ2v) is 6.59. The minimum atomic E-state index is -0.0700. The first kappa shape index (κ1) is 16.5. The molecule has 1 fully saturated rings. The quantitative estimate of drug-likeness (QED) is 0.760. The van der Waals surface area contributed by atoms with E-state index in [2.05, 4.69) is 27.8 Å². The van der Waals surface area contributed by atoms with Crippen molar-refractivity contribution in [2.45, 2.75) is 5.92 Å². The van der Waals surface area contributed by atoms with Crippen molar-refractivity contribution in [2.24, 2.45) is 5.92 Å². The molecule has 26 heavy (non-hydrogen) atoms. The van der Waals surface area contributed by atoms with Gasteiger partial charge in [-0.2, -0.15) is 0 Å². The van der Waals surface area contributed by atoms with Crippen LogP contribution in [0.5, 0.6) is 0 Å². The van der Waals surface area contributed by atoms with Crippen LogP contribution in [0.15, 0.2) is 79.1 Å². The Morgan fingerprint density at radius 1 is 0.962 bits per heavy atom. The Hall–Kier alpha value is -2.98. The normalized spacial score (nSPS) is 19.2. The summed E-state index contributed by atoms with van der Waals surface area (Å²) in [5.41, 5.74) is 4.10. The van der Waals surface area contributed by atoms with Crippen LogP contribution in [-0.4, -0.2) is 24.0 Å². The van der Waals surface area contributed by atoms with Gasteiger partial charge < -0.3 is 10.6 Å². The van der Waals surface area contributed by atoms with Crippen LogP contribution >= 0.6 is 0 Å². The number of amides is 1. The van der Waals surface area contributed by atoms with Crippen LogP contribution in [-0.2, 0) is 4.79 Å². The second kappa shape index (κ2) is 7.50. The Balaban J connectivity index is 1.51. The van der Waals surface area contributed by atoms with E-state index in [1.807, 2.05) is 60.8 Å². The van der Waals surface area contributed by atoms with Gasteiger partial charge in [-0.15, -0.1) is 0 Å². The van der Waals surface area contributed by atoms with E-state index in [0.717, 1.165) is 23.4 Å². The molecule has 4 nitrogen and oxygen atoms in total. The fraction of sp³-hybridized carbons (Fsp3) is 0.182. The summed E-state index contributed by atoms with van der Waals surface area (Å²) in [5, 5.41) is 6.45. The third kappa shape index (κ3) is 3.51. The van der Waals surface area contributed by atoms with Crippen LogP contribution in [0, 0.1) is 5.92 Å². The zero-order valence-electron chi connectivity index (χ0n) is 14.4. The van der Waals surface area contributed by atoms with E-state index in [0.29, 0.717) is 6.54 Å². The van der Waals surface area contributed by atoms with Gasteiger partial charge in [-0.05, 0) is 29.3 Å². The van der Waals surface area contributed by atoms with Crippen molar-refractivity contribution < 1.29 is 4.79 Å². The van der Waals surface area contributed by atoms with Gasteiger partial charge in [0.15, 0.2) is 0 Å². The molecule has 3 aromatic rings. The molecule has 4 rings (SSSR count). The molecular formula is C22H21N3O. The number of hydrogen-bond acceptors (Lipinski definition) is 3. The van der Waals surface area contributed by atoms with Crippen molar-refractivity contribution in [3.63, 3.8) is 0 Å². The summed E-state index contributed by atoms with van der Waals surface area (Å²) in [4.78, 5) is 17.0. The highest BCUT2D eigenvalue weighted by molar-refractivity contribution is 5.94. The van der Waals surface area contributed by atoms with Crippen molar-refractivity contribution in [1.82, 2.24) is 10.3 Å². The van der Waals surface area contributed by atoms with Crippen LogP contribution in [0.4, 0.5) is 5.69 Å². The number of aromatic nitrogens is 1. The van der Waals surface area contributed by atoms with Gasteiger partial charge in [0.25, 0.3) is 0 Å². The van der Waals surface area contributed by atoms with Crippen molar-refractivity contribution in [3.05, 3.63) is 84.7 Å². The number of carbonyl (C=O) groups excluding carboxylic acids is 1. The summed E-state index contributed by atoms with van der Waals surface area (Å²) < 4.78 is 0. The third-order valence-electron chi connectivity index (χ3n) is 4.90. The standard InChI is InChI=1S/C22H21N3O/c26-22(21-15-24-14-20(21)16-6-2-1-3-7-16)25-19-10-4-8-17(12-19)18-9-5-11-23-13-18/h1-13,20-21,24H,14-15H2,(H,25,26). The minimum absolute atomic E-state index is 0.0622. The van der Waals surface area contributed by atoms with E-state index >= 15 is 0 Å². The van der Waals surface area contributed by atoms with Crippen molar-refractivity contribution in [3.8, 4) is 11.1 Å². The number of hydrogen-bond donors (Lipinski definition) is 2. The SMILES string of the molecule is O=C(Nc1cccc(-c2cccnc2)c1)C1CNCC1c1ccccc1. The van der Waals surface area contributed by atoms with Crippen LogP contribution in [0.1, 0.15) is 11.5 Å². The molecule has 2 N–H and O–H groups in total. The van der Waals surface area contributed by atoms with Crippen molar-refractivity contribution in [2.75, 3.05) is 18.4 Å². The van der Waals surface area contributed by atoms with Gasteiger partial charge >= 0.3 is 0 Å². The molecule has 2 aromatic carbocycles. The average molecular weight is 343 g/mol. The molecule has 1 saturated heterocycles. The fourth-order valence-electron chi connectivity index (χ4n) is 3.55. The van der Waals surface area contributed by atoms with E-state index in [9.17, 15) is 4.79 Å². The van der Waals surface area contributed by atoms with Crippen molar-refractivity contribution in [1.29, 1.82) is 0 Å². The summed E-state index contributed by atoms with van der Waals surface area (Å²) in [7, 11) is 0. The minimum Gasteiger partial charge on any atom is -0.326 e. The number of nitrogens with one attached hydrogen (secondary N) is 2. The zero-order valence-corrected chi connectivity index (χ0v) is 14.4.